The lowest BCUT2D eigenvalue weighted by atomic mass is 9.99. The number of nitrogens with one attached hydrogen (secondary N) is 9. The topological polar surface area (TPSA) is 407 Å². The second-order valence-corrected chi connectivity index (χ2v) is 18.7. The molecule has 8 atom stereocenters. The maximum atomic E-state index is 14.6. The molecule has 25 nitrogen and oxygen atoms in total. The molecule has 0 aliphatic carbocycles. The van der Waals surface area contributed by atoms with Crippen molar-refractivity contribution in [2.75, 3.05) is 6.54 Å². The van der Waals surface area contributed by atoms with Gasteiger partial charge in [0.2, 0.25) is 47.3 Å². The van der Waals surface area contributed by atoms with Gasteiger partial charge in [-0.1, -0.05) is 58.0 Å². The first kappa shape index (κ1) is 60.2. The monoisotopic (exact) mass is 1040 g/mol. The number of benzene rings is 2. The number of H-pyrrole nitrogens is 1. The summed E-state index contributed by atoms with van der Waals surface area (Å²) in [5, 5.41) is 58.1. The number of aromatic nitrogens is 1. The summed E-state index contributed by atoms with van der Waals surface area (Å²) < 4.78 is 0. The van der Waals surface area contributed by atoms with Gasteiger partial charge in [-0.05, 0) is 74.3 Å². The number of rotatable bonds is 30. The number of carbonyl (C=O) groups excluding carboxylic acids is 8. The van der Waals surface area contributed by atoms with E-state index in [9.17, 15) is 68.1 Å². The van der Waals surface area contributed by atoms with Crippen LogP contribution < -0.4 is 48.3 Å². The summed E-state index contributed by atoms with van der Waals surface area (Å²) in [6.45, 7) is 8.97. The van der Waals surface area contributed by atoms with Crippen molar-refractivity contribution >= 4 is 76.1 Å². The second-order valence-electron chi connectivity index (χ2n) is 18.7. The van der Waals surface area contributed by atoms with E-state index in [4.69, 9.17) is 10.8 Å². The average Bonchev–Trinajstić information content (AvgIpc) is 3.73. The van der Waals surface area contributed by atoms with Gasteiger partial charge in [-0.2, -0.15) is 0 Å². The van der Waals surface area contributed by atoms with Gasteiger partial charge in [-0.15, -0.1) is 0 Å². The van der Waals surface area contributed by atoms with Crippen molar-refractivity contribution in [2.24, 2.45) is 17.6 Å². The Morgan fingerprint density at radius 1 is 0.554 bits per heavy atom. The van der Waals surface area contributed by atoms with E-state index in [1.165, 1.54) is 38.1 Å². The number of nitrogens with two attached hydrogens (primary N) is 1. The molecule has 15 N–H and O–H groups in total. The Balaban J connectivity index is 1.94. The molecular formula is C49H68N10O15. The van der Waals surface area contributed by atoms with Crippen molar-refractivity contribution in [3.8, 4) is 5.75 Å². The molecule has 3 rings (SSSR count). The lowest BCUT2D eigenvalue weighted by Crippen LogP contribution is -2.60. The van der Waals surface area contributed by atoms with Gasteiger partial charge in [0.1, 0.15) is 48.0 Å². The molecule has 0 unspecified atom stereocenters. The average molecular weight is 1040 g/mol. The van der Waals surface area contributed by atoms with Crippen LogP contribution in [0.5, 0.6) is 5.75 Å². The van der Waals surface area contributed by atoms with Gasteiger partial charge in [0.25, 0.3) is 0 Å². The van der Waals surface area contributed by atoms with Crippen LogP contribution >= 0.6 is 0 Å². The molecule has 0 spiro atoms. The van der Waals surface area contributed by atoms with E-state index >= 15 is 0 Å². The maximum Gasteiger partial charge on any atom is 0.326 e. The third-order valence-electron chi connectivity index (χ3n) is 11.3. The van der Waals surface area contributed by atoms with Gasteiger partial charge >= 0.3 is 17.9 Å². The van der Waals surface area contributed by atoms with E-state index in [2.05, 4.69) is 42.2 Å². The number of carbonyl (C=O) groups is 11. The van der Waals surface area contributed by atoms with Gasteiger partial charge < -0.3 is 73.7 Å². The molecule has 3 aromatic rings. The first-order chi connectivity index (χ1) is 34.7. The van der Waals surface area contributed by atoms with Crippen LogP contribution in [-0.2, 0) is 65.6 Å². The molecule has 0 radical (unpaired) electrons. The predicted octanol–water partition coefficient (Wildman–Crippen LogP) is -0.948. The number of fused-ring (bicyclic) bond motifs is 1. The van der Waals surface area contributed by atoms with E-state index in [-0.39, 0.29) is 43.3 Å². The van der Waals surface area contributed by atoms with Crippen molar-refractivity contribution in [1.29, 1.82) is 0 Å². The minimum Gasteiger partial charge on any atom is -0.508 e. The molecule has 8 amide bonds. The molecule has 1 heterocycles. The molecule has 0 aliphatic heterocycles. The molecule has 0 saturated carbocycles. The quantitative estimate of drug-likeness (QED) is 0.0383. The zero-order valence-corrected chi connectivity index (χ0v) is 42.0. The fourth-order valence-electron chi connectivity index (χ4n) is 7.46. The fourth-order valence-corrected chi connectivity index (χ4v) is 7.46. The summed E-state index contributed by atoms with van der Waals surface area (Å²) in [7, 11) is 0. The largest absolute Gasteiger partial charge is 0.508 e. The summed E-state index contributed by atoms with van der Waals surface area (Å²) >= 11 is 0. The number of carboxylic acid groups (broad SMARTS) is 3. The van der Waals surface area contributed by atoms with Gasteiger partial charge in [-0.3, -0.25) is 47.9 Å². The van der Waals surface area contributed by atoms with Crippen molar-refractivity contribution in [1.82, 2.24) is 47.5 Å². The molecule has 1 aromatic heterocycles. The Morgan fingerprint density at radius 2 is 1.05 bits per heavy atom. The number of aliphatic carboxylic acids is 3. The Labute approximate surface area is 426 Å². The standard InChI is InChI=1S/C49H68N10O15/c1-24(2)17-34(45(69)53-27(6)43(67)52-23-39(61)54-38(49(73)74)21-41(64)65)57-44(68)33(15-16-40(62)63)55-48(72)37(20-29-22-51-32-10-8-7-9-31(29)32)59-47(71)36(19-28-11-13-30(60)14-12-28)58-46(70)35(18-25(3)4)56-42(66)26(5)50/h7-14,22,24-27,33-38,51,60H,15-21,23,50H2,1-6H3,(H,52,67)(H,53,69)(H,54,61)(H,55,72)(H,56,66)(H,57,68)(H,58,70)(H,59,71)(H,62,63)(H,64,65)(H,73,74)/t26-,27-,33-,34-,35-,36-,37-,38-/m0/s1. The van der Waals surface area contributed by atoms with E-state index in [0.717, 1.165) is 0 Å². The Kier molecular flexibility index (Phi) is 23.5. The zero-order chi connectivity index (χ0) is 55.4. The third-order valence-corrected chi connectivity index (χ3v) is 11.3. The summed E-state index contributed by atoms with van der Waals surface area (Å²) in [5.74, 6) is -12.0. The molecule has 0 aliphatic rings. The number of aromatic amines is 1. The number of amides is 8. The number of para-hydroxylation sites is 1. The third kappa shape index (κ3) is 20.2. The van der Waals surface area contributed by atoms with Gasteiger partial charge in [0.05, 0.1) is 19.0 Å². The lowest BCUT2D eigenvalue weighted by Gasteiger charge is -2.28. The number of hydrogen-bond acceptors (Lipinski definition) is 13. The second kappa shape index (κ2) is 28.8. The van der Waals surface area contributed by atoms with Crippen LogP contribution in [0.25, 0.3) is 10.9 Å². The number of aromatic hydroxyl groups is 1. The molecule has 74 heavy (non-hydrogen) atoms. The highest BCUT2D eigenvalue weighted by molar-refractivity contribution is 5.98. The fraction of sp³-hybridized carbons (Fsp3) is 0.490. The van der Waals surface area contributed by atoms with Crippen molar-refractivity contribution in [2.45, 2.75) is 135 Å². The molecular weight excluding hydrogens is 969 g/mol. The molecule has 404 valence electrons. The summed E-state index contributed by atoms with van der Waals surface area (Å²) in [4.78, 5) is 146. The Hall–Kier alpha value is -8.09. The van der Waals surface area contributed by atoms with E-state index in [1.807, 2.05) is 19.2 Å². The number of phenolic OH excluding ortho intramolecular Hbond substituents is 1. The maximum absolute atomic E-state index is 14.6. The minimum absolute atomic E-state index is 0.0333. The van der Waals surface area contributed by atoms with Gasteiger partial charge in [0.15, 0.2) is 0 Å². The number of carboxylic acids is 3. The van der Waals surface area contributed by atoms with Gasteiger partial charge in [-0.25, -0.2) is 4.79 Å². The summed E-state index contributed by atoms with van der Waals surface area (Å²) in [5.41, 5.74) is 7.48. The van der Waals surface area contributed by atoms with Crippen molar-refractivity contribution in [3.63, 3.8) is 0 Å². The van der Waals surface area contributed by atoms with Crippen LogP contribution in [0.3, 0.4) is 0 Å². The van der Waals surface area contributed by atoms with Crippen molar-refractivity contribution in [3.05, 3.63) is 65.9 Å². The van der Waals surface area contributed by atoms with Crippen LogP contribution in [0.15, 0.2) is 54.7 Å². The van der Waals surface area contributed by atoms with Crippen LogP contribution in [0.1, 0.15) is 84.8 Å². The van der Waals surface area contributed by atoms with Gasteiger partial charge in [0, 0.05) is 36.4 Å². The smallest absolute Gasteiger partial charge is 0.326 e. The van der Waals surface area contributed by atoms with Crippen LogP contribution in [0.4, 0.5) is 0 Å². The number of hydrogen-bond donors (Lipinski definition) is 14. The van der Waals surface area contributed by atoms with Crippen molar-refractivity contribution < 1.29 is 73.2 Å². The predicted molar refractivity (Wildman–Crippen MR) is 265 cm³/mol. The van der Waals surface area contributed by atoms with Crippen LogP contribution in [-0.4, -0.2) is 145 Å². The highest BCUT2D eigenvalue weighted by Crippen LogP contribution is 2.20. The molecule has 0 bridgehead atoms. The van der Waals surface area contributed by atoms with Crippen LogP contribution in [0, 0.1) is 11.8 Å². The van der Waals surface area contributed by atoms with E-state index in [1.54, 1.807) is 44.3 Å². The highest BCUT2D eigenvalue weighted by Gasteiger charge is 2.35. The Bertz CT molecular complexity index is 2490. The van der Waals surface area contributed by atoms with E-state index < -0.39 is 139 Å². The SMILES string of the molecule is CC(C)C[C@H](NC(=O)[C@H](C)N)C(=O)N[C@@H](Cc1ccc(O)cc1)C(=O)N[C@@H](Cc1c[nH]c2ccccc12)C(=O)N[C@@H](CCC(=O)O)C(=O)N[C@@H](CC(C)C)C(=O)N[C@@H](C)C(=O)NCC(=O)N[C@@H](CC(=O)O)C(=O)O. The molecule has 0 saturated heterocycles. The zero-order valence-electron chi connectivity index (χ0n) is 42.0. The number of phenols is 1. The van der Waals surface area contributed by atoms with E-state index in [0.29, 0.717) is 22.0 Å². The molecule has 25 heteroatoms. The molecule has 2 aromatic carbocycles. The first-order valence-corrected chi connectivity index (χ1v) is 23.9. The lowest BCUT2D eigenvalue weighted by molar-refractivity contribution is -0.147. The summed E-state index contributed by atoms with van der Waals surface area (Å²) in [6.07, 6.45) is -0.727. The normalized spacial score (nSPS) is 14.4. The Morgan fingerprint density at radius 3 is 1.59 bits per heavy atom. The van der Waals surface area contributed by atoms with Crippen LogP contribution in [0.2, 0.25) is 0 Å². The molecule has 0 fully saturated rings. The highest BCUT2D eigenvalue weighted by atomic mass is 16.4. The first-order valence-electron chi connectivity index (χ1n) is 23.9. The summed E-state index contributed by atoms with van der Waals surface area (Å²) in [6, 6.07) is 1.65. The minimum atomic E-state index is -1.78.